The molecule has 0 atom stereocenters. The fourth-order valence-corrected chi connectivity index (χ4v) is 4.33. The minimum Gasteiger partial charge on any atom is -0.378 e. The Morgan fingerprint density at radius 1 is 1.09 bits per heavy atom. The van der Waals surface area contributed by atoms with Crippen LogP contribution in [0, 0.1) is 6.92 Å². The Bertz CT molecular complexity index is 1550. The summed E-state index contributed by atoms with van der Waals surface area (Å²) < 4.78 is 5.44. The van der Waals surface area contributed by atoms with Crippen molar-refractivity contribution in [3.05, 3.63) is 70.9 Å². The first kappa shape index (κ1) is 20.4. The van der Waals surface area contributed by atoms with Crippen LogP contribution in [0.25, 0.3) is 33.1 Å². The lowest BCUT2D eigenvalue weighted by atomic mass is 10.1. The molecule has 5 aromatic rings. The molecule has 1 saturated heterocycles. The number of hydrogen-bond donors (Lipinski definition) is 3. The summed E-state index contributed by atoms with van der Waals surface area (Å²) in [5.74, 6) is 0.498. The van der Waals surface area contributed by atoms with E-state index in [1.165, 1.54) is 0 Å². The van der Waals surface area contributed by atoms with Gasteiger partial charge < -0.3 is 19.9 Å². The van der Waals surface area contributed by atoms with Crippen molar-refractivity contribution in [2.24, 2.45) is 0 Å². The monoisotopic (exact) mass is 453 g/mol. The highest BCUT2D eigenvalue weighted by molar-refractivity contribution is 5.95. The predicted molar refractivity (Wildman–Crippen MR) is 133 cm³/mol. The van der Waals surface area contributed by atoms with Crippen LogP contribution in [0.5, 0.6) is 0 Å². The molecular formula is C25H23N7O2. The van der Waals surface area contributed by atoms with Gasteiger partial charge in [0.25, 0.3) is 5.56 Å². The molecule has 1 aliphatic heterocycles. The van der Waals surface area contributed by atoms with Crippen molar-refractivity contribution >= 4 is 39.0 Å². The molecule has 170 valence electrons. The number of nitrogens with one attached hydrogen (secondary N) is 3. The first-order valence-electron chi connectivity index (χ1n) is 11.2. The predicted octanol–water partition coefficient (Wildman–Crippen LogP) is 3.75. The Kier molecular flexibility index (Phi) is 4.96. The van der Waals surface area contributed by atoms with Crippen LogP contribution in [0.3, 0.4) is 0 Å². The van der Waals surface area contributed by atoms with Crippen molar-refractivity contribution in [3.8, 4) is 11.3 Å². The van der Waals surface area contributed by atoms with E-state index in [9.17, 15) is 4.79 Å². The van der Waals surface area contributed by atoms with Crippen LogP contribution in [0.4, 0.5) is 17.2 Å². The number of aromatic nitrogens is 5. The second kappa shape index (κ2) is 8.27. The number of rotatable bonds is 4. The van der Waals surface area contributed by atoms with Gasteiger partial charge in [0, 0.05) is 53.5 Å². The van der Waals surface area contributed by atoms with Gasteiger partial charge in [-0.05, 0) is 54.8 Å². The molecule has 0 amide bonds. The number of fused-ring (bicyclic) bond motifs is 2. The average molecular weight is 454 g/mol. The number of benzene rings is 1. The molecule has 0 saturated carbocycles. The van der Waals surface area contributed by atoms with E-state index in [0.717, 1.165) is 65.4 Å². The third-order valence-electron chi connectivity index (χ3n) is 6.16. The zero-order valence-electron chi connectivity index (χ0n) is 18.6. The van der Waals surface area contributed by atoms with Crippen LogP contribution in [0.15, 0.2) is 59.7 Å². The van der Waals surface area contributed by atoms with Crippen molar-refractivity contribution in [1.82, 2.24) is 25.1 Å². The number of hydrogen-bond acceptors (Lipinski definition) is 7. The summed E-state index contributed by atoms with van der Waals surface area (Å²) in [6.07, 6.45) is 3.40. The summed E-state index contributed by atoms with van der Waals surface area (Å²) in [6.45, 7) is 5.20. The van der Waals surface area contributed by atoms with Gasteiger partial charge in [0.15, 0.2) is 5.65 Å². The number of pyridine rings is 3. The quantitative estimate of drug-likeness (QED) is 0.380. The molecule has 1 fully saturated rings. The first-order valence-corrected chi connectivity index (χ1v) is 11.2. The van der Waals surface area contributed by atoms with Crippen molar-refractivity contribution in [1.29, 1.82) is 0 Å². The van der Waals surface area contributed by atoms with Gasteiger partial charge in [0.1, 0.15) is 5.82 Å². The van der Waals surface area contributed by atoms with E-state index in [0.29, 0.717) is 16.9 Å². The Hall–Kier alpha value is -4.24. The van der Waals surface area contributed by atoms with Gasteiger partial charge in [0.2, 0.25) is 0 Å². The molecule has 0 bridgehead atoms. The van der Waals surface area contributed by atoms with E-state index in [1.54, 1.807) is 12.4 Å². The third kappa shape index (κ3) is 3.65. The van der Waals surface area contributed by atoms with Crippen LogP contribution < -0.4 is 15.8 Å². The second-order valence-corrected chi connectivity index (χ2v) is 8.34. The Morgan fingerprint density at radius 3 is 2.74 bits per heavy atom. The van der Waals surface area contributed by atoms with Crippen LogP contribution >= 0.6 is 0 Å². The molecule has 3 N–H and O–H groups in total. The lowest BCUT2D eigenvalue weighted by Gasteiger charge is -2.28. The Labute approximate surface area is 194 Å². The van der Waals surface area contributed by atoms with Gasteiger partial charge in [-0.3, -0.25) is 9.89 Å². The van der Waals surface area contributed by atoms with E-state index in [4.69, 9.17) is 9.72 Å². The van der Waals surface area contributed by atoms with E-state index in [1.807, 2.05) is 37.3 Å². The molecule has 0 unspecified atom stereocenters. The number of anilines is 3. The number of ether oxygens (including phenoxy) is 1. The summed E-state index contributed by atoms with van der Waals surface area (Å²) in [5, 5.41) is 12.8. The summed E-state index contributed by atoms with van der Waals surface area (Å²) in [6, 6.07) is 14.0. The van der Waals surface area contributed by atoms with Crippen LogP contribution in [0.2, 0.25) is 0 Å². The summed E-state index contributed by atoms with van der Waals surface area (Å²) in [4.78, 5) is 27.1. The Morgan fingerprint density at radius 2 is 1.91 bits per heavy atom. The van der Waals surface area contributed by atoms with Crippen LogP contribution in [0.1, 0.15) is 5.69 Å². The normalized spacial score (nSPS) is 14.1. The molecular weight excluding hydrogens is 430 g/mol. The molecule has 0 aliphatic carbocycles. The molecule has 5 heterocycles. The average Bonchev–Trinajstić information content (AvgIpc) is 3.25. The summed E-state index contributed by atoms with van der Waals surface area (Å²) in [7, 11) is 0. The molecule has 6 rings (SSSR count). The minimum absolute atomic E-state index is 0.191. The summed E-state index contributed by atoms with van der Waals surface area (Å²) in [5.41, 5.74) is 4.99. The number of aryl methyl sites for hydroxylation is 1. The molecule has 4 aromatic heterocycles. The molecule has 34 heavy (non-hydrogen) atoms. The highest BCUT2D eigenvalue weighted by atomic mass is 16.5. The lowest BCUT2D eigenvalue weighted by Crippen LogP contribution is -2.36. The van der Waals surface area contributed by atoms with Crippen LogP contribution in [-0.2, 0) is 4.74 Å². The first-order chi connectivity index (χ1) is 16.7. The molecule has 0 radical (unpaired) electrons. The zero-order chi connectivity index (χ0) is 23.1. The molecule has 9 nitrogen and oxygen atoms in total. The maximum atomic E-state index is 12.7. The van der Waals surface area contributed by atoms with Gasteiger partial charge in [-0.2, -0.15) is 5.10 Å². The van der Waals surface area contributed by atoms with Gasteiger partial charge >= 0.3 is 0 Å². The smallest absolute Gasteiger partial charge is 0.259 e. The van der Waals surface area contributed by atoms with Gasteiger partial charge in [-0.1, -0.05) is 0 Å². The van der Waals surface area contributed by atoms with E-state index >= 15 is 0 Å². The van der Waals surface area contributed by atoms with Crippen molar-refractivity contribution in [2.45, 2.75) is 6.92 Å². The van der Waals surface area contributed by atoms with E-state index in [2.05, 4.69) is 42.5 Å². The highest BCUT2D eigenvalue weighted by Crippen LogP contribution is 2.30. The summed E-state index contributed by atoms with van der Waals surface area (Å²) >= 11 is 0. The number of aromatic amines is 2. The number of H-pyrrole nitrogens is 2. The fourth-order valence-electron chi connectivity index (χ4n) is 4.33. The van der Waals surface area contributed by atoms with E-state index < -0.39 is 0 Å². The minimum atomic E-state index is -0.191. The zero-order valence-corrected chi connectivity index (χ0v) is 18.6. The lowest BCUT2D eigenvalue weighted by molar-refractivity contribution is 0.122. The Balaban J connectivity index is 1.40. The van der Waals surface area contributed by atoms with Gasteiger partial charge in [0.05, 0.1) is 24.3 Å². The third-order valence-corrected chi connectivity index (χ3v) is 6.16. The van der Waals surface area contributed by atoms with Gasteiger partial charge in [-0.15, -0.1) is 0 Å². The van der Waals surface area contributed by atoms with Crippen LogP contribution in [-0.4, -0.2) is 51.5 Å². The highest BCUT2D eigenvalue weighted by Gasteiger charge is 2.14. The molecule has 0 spiro atoms. The van der Waals surface area contributed by atoms with E-state index in [-0.39, 0.29) is 5.56 Å². The maximum absolute atomic E-state index is 12.7. The second-order valence-electron chi connectivity index (χ2n) is 8.34. The molecule has 1 aromatic carbocycles. The fraction of sp³-hybridized carbons (Fsp3) is 0.200. The number of morpholine rings is 1. The van der Waals surface area contributed by atoms with Crippen molar-refractivity contribution < 1.29 is 4.74 Å². The van der Waals surface area contributed by atoms with Gasteiger partial charge in [-0.25, -0.2) is 9.97 Å². The maximum Gasteiger partial charge on any atom is 0.259 e. The molecule has 9 heteroatoms. The number of nitrogens with zero attached hydrogens (tertiary/aromatic N) is 4. The van der Waals surface area contributed by atoms with Crippen molar-refractivity contribution in [3.63, 3.8) is 0 Å². The SMILES string of the molecule is Cc1[nH]nc2ncc(-c3cc4cc[nH]c(=O)c4c(Nc4ccc(N5CCOCC5)cc4)n3)cc12. The van der Waals surface area contributed by atoms with Crippen molar-refractivity contribution in [2.75, 3.05) is 36.5 Å². The largest absolute Gasteiger partial charge is 0.378 e. The topological polar surface area (TPSA) is 112 Å². The standard InChI is InChI=1S/C25H23N7O2/c1-15-20-12-17(14-27-23(20)31-30-15)21-13-16-6-7-26-25(33)22(16)24(29-21)28-18-2-4-19(5-3-18)32-8-10-34-11-9-32/h2-7,12-14H,8-11H2,1H3,(H,26,33)(H,28,29)(H,27,30,31). The molecule has 1 aliphatic rings.